The number of thioether (sulfide) groups is 1. The van der Waals surface area contributed by atoms with E-state index in [4.69, 9.17) is 18.9 Å². The van der Waals surface area contributed by atoms with Crippen LogP contribution in [0.3, 0.4) is 0 Å². The van der Waals surface area contributed by atoms with Crippen molar-refractivity contribution in [3.8, 4) is 17.2 Å². The summed E-state index contributed by atoms with van der Waals surface area (Å²) in [6.07, 6.45) is 1.16. The number of rotatable bonds is 8. The Kier molecular flexibility index (Phi) is 9.98. The van der Waals surface area contributed by atoms with Gasteiger partial charge < -0.3 is 24.3 Å². The fourth-order valence-electron chi connectivity index (χ4n) is 4.18. The number of fused-ring (bicyclic) bond motifs is 1. The number of hydrogen-bond donors (Lipinski definition) is 1. The number of esters is 1. The minimum Gasteiger partial charge on any atom is -0.493 e. The van der Waals surface area contributed by atoms with Crippen LogP contribution in [0.1, 0.15) is 25.5 Å². The van der Waals surface area contributed by atoms with E-state index < -0.39 is 29.6 Å². The van der Waals surface area contributed by atoms with Crippen molar-refractivity contribution in [3.05, 3.63) is 70.0 Å². The summed E-state index contributed by atoms with van der Waals surface area (Å²) in [5.41, 5.74) is 1.30. The molecule has 2 aromatic carbocycles. The lowest BCUT2D eigenvalue weighted by molar-refractivity contribution is -0.139. The molecule has 40 heavy (non-hydrogen) atoms. The van der Waals surface area contributed by atoms with Crippen LogP contribution < -0.4 is 19.5 Å². The van der Waals surface area contributed by atoms with Gasteiger partial charge in [0, 0.05) is 11.8 Å². The molecule has 1 N–H and O–H groups in total. The molecule has 2 heterocycles. The number of amides is 2. The van der Waals surface area contributed by atoms with Crippen LogP contribution in [-0.2, 0) is 19.1 Å². The summed E-state index contributed by atoms with van der Waals surface area (Å²) in [5.74, 6) is -1.25. The Morgan fingerprint density at radius 1 is 1.07 bits per heavy atom. The standard InChI is InChI=1S/C27H26FN3O7S.BrH/c1-6-38-26(34)22-14(2)29-27-31(23(22)15-11-18(35-3)24(37-5)19(12-15)36-4)21(32)13-20(39-27)25(33)30-17-9-7-16(28)8-10-17;/h7-13,23H,6H2,1-5H3,(H,30,33);1H. The van der Waals surface area contributed by atoms with E-state index in [1.165, 1.54) is 50.5 Å². The van der Waals surface area contributed by atoms with Crippen molar-refractivity contribution in [2.24, 2.45) is 4.99 Å². The molecule has 1 unspecified atom stereocenters. The predicted octanol–water partition coefficient (Wildman–Crippen LogP) is 4.78. The third kappa shape index (κ3) is 5.99. The van der Waals surface area contributed by atoms with Gasteiger partial charge in [-0.05, 0) is 67.6 Å². The van der Waals surface area contributed by atoms with Crippen molar-refractivity contribution in [1.82, 2.24) is 4.90 Å². The van der Waals surface area contributed by atoms with Crippen LogP contribution in [-0.4, -0.2) is 55.8 Å². The van der Waals surface area contributed by atoms with Crippen molar-refractivity contribution in [3.63, 3.8) is 0 Å². The number of nitrogens with one attached hydrogen (secondary N) is 1. The summed E-state index contributed by atoms with van der Waals surface area (Å²) < 4.78 is 35.0. The minimum absolute atomic E-state index is 0. The molecule has 0 radical (unpaired) electrons. The van der Waals surface area contributed by atoms with E-state index in [9.17, 15) is 18.8 Å². The van der Waals surface area contributed by atoms with Gasteiger partial charge in [0.1, 0.15) is 5.82 Å². The van der Waals surface area contributed by atoms with Gasteiger partial charge in [0.15, 0.2) is 16.7 Å². The fraction of sp³-hybridized carbons (Fsp3) is 0.259. The summed E-state index contributed by atoms with van der Waals surface area (Å²) >= 11 is 0.963. The Morgan fingerprint density at radius 3 is 2.25 bits per heavy atom. The van der Waals surface area contributed by atoms with E-state index in [1.807, 2.05) is 0 Å². The third-order valence-electron chi connectivity index (χ3n) is 5.91. The Balaban J connectivity index is 0.00000441. The van der Waals surface area contributed by atoms with Crippen molar-refractivity contribution in [2.45, 2.75) is 19.9 Å². The first-order chi connectivity index (χ1) is 18.7. The van der Waals surface area contributed by atoms with Gasteiger partial charge in [-0.1, -0.05) is 0 Å². The lowest BCUT2D eigenvalue weighted by atomic mass is 9.93. The molecule has 10 nitrogen and oxygen atoms in total. The lowest BCUT2D eigenvalue weighted by Gasteiger charge is -2.38. The topological polar surface area (TPSA) is 116 Å². The zero-order chi connectivity index (χ0) is 28.3. The number of ether oxygens (including phenoxy) is 4. The zero-order valence-corrected chi connectivity index (χ0v) is 24.8. The summed E-state index contributed by atoms with van der Waals surface area (Å²) in [7, 11) is 4.38. The fourth-order valence-corrected chi connectivity index (χ4v) is 5.16. The van der Waals surface area contributed by atoms with Crippen molar-refractivity contribution in [1.29, 1.82) is 0 Å². The highest BCUT2D eigenvalue weighted by Gasteiger charge is 2.43. The average Bonchev–Trinajstić information content (AvgIpc) is 2.92. The molecule has 0 aliphatic carbocycles. The first-order valence-electron chi connectivity index (χ1n) is 11.8. The molecule has 0 saturated carbocycles. The molecular formula is C27H27BrFN3O7S. The molecule has 0 spiro atoms. The average molecular weight is 636 g/mol. The largest absolute Gasteiger partial charge is 0.493 e. The van der Waals surface area contributed by atoms with Crippen LogP contribution in [0.4, 0.5) is 10.1 Å². The number of amidine groups is 1. The van der Waals surface area contributed by atoms with E-state index in [1.54, 1.807) is 26.0 Å². The second-order valence-electron chi connectivity index (χ2n) is 8.26. The Morgan fingerprint density at radius 2 is 1.70 bits per heavy atom. The van der Waals surface area contributed by atoms with E-state index in [0.29, 0.717) is 34.2 Å². The number of hydrogen-bond acceptors (Lipinski definition) is 9. The van der Waals surface area contributed by atoms with Gasteiger partial charge in [-0.3, -0.25) is 14.5 Å². The normalized spacial score (nSPS) is 16.2. The van der Waals surface area contributed by atoms with Crippen LogP contribution in [0.2, 0.25) is 0 Å². The lowest BCUT2D eigenvalue weighted by Crippen LogP contribution is -2.45. The van der Waals surface area contributed by atoms with Gasteiger partial charge in [0.05, 0.1) is 50.2 Å². The molecule has 0 fully saturated rings. The molecule has 212 valence electrons. The number of carbonyl (C=O) groups is 3. The Labute approximate surface area is 245 Å². The summed E-state index contributed by atoms with van der Waals surface area (Å²) in [6.45, 7) is 3.42. The van der Waals surface area contributed by atoms with Crippen molar-refractivity contribution >= 4 is 57.4 Å². The quantitative estimate of drug-likeness (QED) is 0.412. The molecule has 2 amide bonds. The highest BCUT2D eigenvalue weighted by Crippen LogP contribution is 2.46. The van der Waals surface area contributed by atoms with Crippen LogP contribution in [0.25, 0.3) is 0 Å². The molecule has 4 rings (SSSR count). The Hall–Kier alpha value is -3.84. The summed E-state index contributed by atoms with van der Waals surface area (Å²) in [5, 5.41) is 2.83. The maximum absolute atomic E-state index is 13.6. The molecule has 2 aliphatic rings. The molecule has 0 bridgehead atoms. The molecule has 0 saturated heterocycles. The number of halogens is 2. The van der Waals surface area contributed by atoms with Gasteiger partial charge in [-0.2, -0.15) is 0 Å². The van der Waals surface area contributed by atoms with Crippen LogP contribution in [0.15, 0.2) is 63.6 Å². The number of carbonyl (C=O) groups excluding carboxylic acids is 3. The highest BCUT2D eigenvalue weighted by atomic mass is 79.9. The second kappa shape index (κ2) is 13.0. The van der Waals surface area contributed by atoms with Crippen LogP contribution in [0, 0.1) is 5.82 Å². The van der Waals surface area contributed by atoms with E-state index in [2.05, 4.69) is 10.3 Å². The summed E-state index contributed by atoms with van der Waals surface area (Å²) in [6, 6.07) is 7.55. The molecule has 1 atom stereocenters. The van der Waals surface area contributed by atoms with Gasteiger partial charge in [-0.15, -0.1) is 17.0 Å². The van der Waals surface area contributed by atoms with Gasteiger partial charge >= 0.3 is 5.97 Å². The Bertz CT molecular complexity index is 1400. The third-order valence-corrected chi connectivity index (χ3v) is 6.90. The van der Waals surface area contributed by atoms with Crippen molar-refractivity contribution in [2.75, 3.05) is 33.3 Å². The minimum atomic E-state index is -0.969. The summed E-state index contributed by atoms with van der Waals surface area (Å²) in [4.78, 5) is 45.5. The predicted molar refractivity (Wildman–Crippen MR) is 153 cm³/mol. The van der Waals surface area contributed by atoms with Gasteiger partial charge in [-0.25, -0.2) is 14.2 Å². The maximum atomic E-state index is 13.6. The van der Waals surface area contributed by atoms with Crippen molar-refractivity contribution < 1.29 is 37.7 Å². The smallest absolute Gasteiger partial charge is 0.338 e. The molecular weight excluding hydrogens is 609 g/mol. The first-order valence-corrected chi connectivity index (χ1v) is 12.6. The first kappa shape index (κ1) is 30.7. The molecule has 2 aromatic rings. The second-order valence-corrected chi connectivity index (χ2v) is 9.26. The number of nitrogens with zero attached hydrogens (tertiary/aromatic N) is 2. The number of benzene rings is 2. The van der Waals surface area contributed by atoms with Crippen LogP contribution in [0.5, 0.6) is 17.2 Å². The van der Waals surface area contributed by atoms with Crippen LogP contribution >= 0.6 is 28.7 Å². The number of anilines is 1. The molecule has 2 aliphatic heterocycles. The maximum Gasteiger partial charge on any atom is 0.338 e. The number of aliphatic imine (C=N–C) groups is 1. The molecule has 0 aromatic heterocycles. The number of allylic oxidation sites excluding steroid dienone is 1. The van der Waals surface area contributed by atoms with Gasteiger partial charge in [0.25, 0.3) is 11.8 Å². The monoisotopic (exact) mass is 635 g/mol. The van der Waals surface area contributed by atoms with Gasteiger partial charge in [0.2, 0.25) is 5.75 Å². The van der Waals surface area contributed by atoms with E-state index in [-0.39, 0.29) is 39.2 Å². The SMILES string of the molecule is Br.CCOC(=O)C1=C(C)N=C2SC(C(=O)Nc3ccc(F)cc3)=CC(=O)N2C1c1cc(OC)c(OC)c(OC)c1. The van der Waals surface area contributed by atoms with E-state index >= 15 is 0 Å². The highest BCUT2D eigenvalue weighted by molar-refractivity contribution is 8.93. The number of methoxy groups -OCH3 is 3. The molecule has 13 heteroatoms. The zero-order valence-electron chi connectivity index (χ0n) is 22.3. The van der Waals surface area contributed by atoms with E-state index in [0.717, 1.165) is 17.8 Å².